The molecule has 1 aromatic rings. The summed E-state index contributed by atoms with van der Waals surface area (Å²) in [5, 5.41) is 2.96. The third-order valence-electron chi connectivity index (χ3n) is 6.20. The molecule has 2 saturated heterocycles. The highest BCUT2D eigenvalue weighted by Gasteiger charge is 2.46. The Morgan fingerprint density at radius 3 is 2.57 bits per heavy atom. The number of piperazine rings is 1. The van der Waals surface area contributed by atoms with Crippen LogP contribution >= 0.6 is 0 Å². The maximum Gasteiger partial charge on any atom is 0.242 e. The van der Waals surface area contributed by atoms with E-state index < -0.39 is 16.1 Å². The summed E-state index contributed by atoms with van der Waals surface area (Å²) in [4.78, 5) is 29.4. The number of nitrogens with zero attached hydrogens (tertiary/aromatic N) is 2. The summed E-state index contributed by atoms with van der Waals surface area (Å²) in [6.07, 6.45) is 4.43. The Morgan fingerprint density at radius 1 is 1.17 bits per heavy atom. The summed E-state index contributed by atoms with van der Waals surface area (Å²) in [5.41, 5.74) is 1.20. The molecular formula is C21H30N4O4S. The lowest BCUT2D eigenvalue weighted by atomic mass is 10.0. The number of amides is 2. The first kappa shape index (κ1) is 21.3. The molecule has 2 N–H and O–H groups in total. The van der Waals surface area contributed by atoms with Gasteiger partial charge in [0.1, 0.15) is 6.04 Å². The van der Waals surface area contributed by atoms with Crippen LogP contribution in [0.2, 0.25) is 0 Å². The fourth-order valence-electron chi connectivity index (χ4n) is 4.56. The topological polar surface area (TPSA) is 98.8 Å². The molecule has 30 heavy (non-hydrogen) atoms. The second-order valence-corrected chi connectivity index (χ2v) is 10.5. The van der Waals surface area contributed by atoms with Crippen molar-refractivity contribution in [2.24, 2.45) is 5.92 Å². The fourth-order valence-corrected chi connectivity index (χ4v) is 5.34. The van der Waals surface area contributed by atoms with Crippen molar-refractivity contribution in [3.05, 3.63) is 35.9 Å². The van der Waals surface area contributed by atoms with Crippen LogP contribution in [0, 0.1) is 5.92 Å². The van der Waals surface area contributed by atoms with Gasteiger partial charge in [0, 0.05) is 44.2 Å². The normalized spacial score (nSPS) is 27.2. The third kappa shape index (κ3) is 5.19. The van der Waals surface area contributed by atoms with Crippen LogP contribution in [0.15, 0.2) is 30.3 Å². The largest absolute Gasteiger partial charge is 0.354 e. The van der Waals surface area contributed by atoms with Crippen molar-refractivity contribution in [2.45, 2.75) is 43.8 Å². The number of carbonyl (C=O) groups is 2. The molecule has 0 spiro atoms. The lowest BCUT2D eigenvalue weighted by Crippen LogP contribution is -2.63. The first-order chi connectivity index (χ1) is 14.3. The third-order valence-corrected chi connectivity index (χ3v) is 6.96. The highest BCUT2D eigenvalue weighted by molar-refractivity contribution is 7.88. The number of benzene rings is 1. The summed E-state index contributed by atoms with van der Waals surface area (Å²) >= 11 is 0. The number of sulfonamides is 1. The second-order valence-electron chi connectivity index (χ2n) is 8.73. The van der Waals surface area contributed by atoms with Gasteiger partial charge in [0.05, 0.1) is 6.26 Å². The minimum Gasteiger partial charge on any atom is -0.354 e. The van der Waals surface area contributed by atoms with Crippen molar-refractivity contribution in [2.75, 3.05) is 32.4 Å². The van der Waals surface area contributed by atoms with Gasteiger partial charge in [-0.3, -0.25) is 14.5 Å². The molecule has 0 bridgehead atoms. The van der Waals surface area contributed by atoms with E-state index in [2.05, 4.69) is 27.1 Å². The SMILES string of the molecule is CS(=O)(=O)N[C@H]1C[C@H]2CN(CCc3ccccc3)[C@@H](CNC(=O)C3CC3)C(=O)N2C1. The van der Waals surface area contributed by atoms with Crippen LogP contribution in [-0.4, -0.2) is 80.6 Å². The molecule has 9 heteroatoms. The van der Waals surface area contributed by atoms with Gasteiger partial charge in [0.25, 0.3) is 0 Å². The summed E-state index contributed by atoms with van der Waals surface area (Å²) < 4.78 is 25.9. The Labute approximate surface area is 178 Å². The van der Waals surface area contributed by atoms with Crippen LogP contribution in [0.4, 0.5) is 0 Å². The zero-order valence-corrected chi connectivity index (χ0v) is 18.1. The fraction of sp³-hybridized carbons (Fsp3) is 0.619. The zero-order chi connectivity index (χ0) is 21.3. The summed E-state index contributed by atoms with van der Waals surface area (Å²) in [6, 6.07) is 9.45. The molecule has 1 aromatic carbocycles. The van der Waals surface area contributed by atoms with Gasteiger partial charge in [-0.15, -0.1) is 0 Å². The average molecular weight is 435 g/mol. The molecule has 2 amide bonds. The van der Waals surface area contributed by atoms with E-state index in [0.29, 0.717) is 32.6 Å². The van der Waals surface area contributed by atoms with Crippen molar-refractivity contribution < 1.29 is 18.0 Å². The molecule has 2 heterocycles. The number of carbonyl (C=O) groups excluding carboxylic acids is 2. The first-order valence-corrected chi connectivity index (χ1v) is 12.5. The maximum atomic E-state index is 13.3. The standard InChI is InChI=1S/C21H30N4O4S/c1-30(28,29)23-17-11-18-14-24(10-9-15-5-3-2-4-6-15)19(21(27)25(18)13-17)12-22-20(26)16-7-8-16/h2-6,16-19,23H,7-14H2,1H3,(H,22,26)/t17-,18-,19-/m0/s1. The number of rotatable bonds is 8. The number of hydrogen-bond acceptors (Lipinski definition) is 5. The monoisotopic (exact) mass is 434 g/mol. The van der Waals surface area contributed by atoms with Gasteiger partial charge in [-0.2, -0.15) is 0 Å². The number of fused-ring (bicyclic) bond motifs is 1. The number of hydrogen-bond donors (Lipinski definition) is 2. The van der Waals surface area contributed by atoms with Gasteiger partial charge in [-0.1, -0.05) is 30.3 Å². The van der Waals surface area contributed by atoms with Crippen molar-refractivity contribution in [1.82, 2.24) is 19.8 Å². The molecule has 0 radical (unpaired) electrons. The predicted octanol–water partition coefficient (Wildman–Crippen LogP) is -0.0418. The molecule has 8 nitrogen and oxygen atoms in total. The Kier molecular flexibility index (Phi) is 6.13. The molecule has 3 atom stereocenters. The lowest BCUT2D eigenvalue weighted by Gasteiger charge is -2.43. The molecule has 1 saturated carbocycles. The van der Waals surface area contributed by atoms with Gasteiger partial charge in [-0.05, 0) is 31.2 Å². The number of nitrogens with one attached hydrogen (secondary N) is 2. The van der Waals surface area contributed by atoms with Gasteiger partial charge < -0.3 is 10.2 Å². The van der Waals surface area contributed by atoms with Crippen molar-refractivity contribution in [1.29, 1.82) is 0 Å². The van der Waals surface area contributed by atoms with Gasteiger partial charge in [-0.25, -0.2) is 13.1 Å². The van der Waals surface area contributed by atoms with Crippen LogP contribution in [0.3, 0.4) is 0 Å². The average Bonchev–Trinajstić information content (AvgIpc) is 3.47. The van der Waals surface area contributed by atoms with E-state index in [4.69, 9.17) is 0 Å². The smallest absolute Gasteiger partial charge is 0.242 e. The first-order valence-electron chi connectivity index (χ1n) is 10.6. The van der Waals surface area contributed by atoms with Crippen LogP contribution in [0.25, 0.3) is 0 Å². The van der Waals surface area contributed by atoms with Gasteiger partial charge >= 0.3 is 0 Å². The van der Waals surface area contributed by atoms with Crippen molar-refractivity contribution >= 4 is 21.8 Å². The van der Waals surface area contributed by atoms with Crippen molar-refractivity contribution in [3.8, 4) is 0 Å². The molecule has 4 rings (SSSR count). The highest BCUT2D eigenvalue weighted by atomic mass is 32.2. The predicted molar refractivity (Wildman–Crippen MR) is 113 cm³/mol. The minimum absolute atomic E-state index is 0.0112. The van der Waals surface area contributed by atoms with Crippen LogP contribution in [-0.2, 0) is 26.0 Å². The maximum absolute atomic E-state index is 13.3. The highest BCUT2D eigenvalue weighted by Crippen LogP contribution is 2.29. The van der Waals surface area contributed by atoms with E-state index in [1.807, 2.05) is 18.2 Å². The molecule has 0 aromatic heterocycles. The van der Waals surface area contributed by atoms with Gasteiger partial charge in [0.2, 0.25) is 21.8 Å². The van der Waals surface area contributed by atoms with E-state index in [1.54, 1.807) is 4.90 Å². The zero-order valence-electron chi connectivity index (χ0n) is 17.3. The second kappa shape index (κ2) is 8.64. The van der Waals surface area contributed by atoms with E-state index in [1.165, 1.54) is 5.56 Å². The van der Waals surface area contributed by atoms with Crippen LogP contribution < -0.4 is 10.0 Å². The quantitative estimate of drug-likeness (QED) is 0.598. The molecular weight excluding hydrogens is 404 g/mol. The van der Waals surface area contributed by atoms with E-state index in [0.717, 1.165) is 25.5 Å². The Bertz CT molecular complexity index is 888. The Morgan fingerprint density at radius 2 is 1.90 bits per heavy atom. The van der Waals surface area contributed by atoms with Gasteiger partial charge in [0.15, 0.2) is 0 Å². The summed E-state index contributed by atoms with van der Waals surface area (Å²) in [6.45, 7) is 2.09. The van der Waals surface area contributed by atoms with Crippen LogP contribution in [0.5, 0.6) is 0 Å². The molecule has 164 valence electrons. The minimum atomic E-state index is -3.32. The van der Waals surface area contributed by atoms with E-state index >= 15 is 0 Å². The van der Waals surface area contributed by atoms with E-state index in [9.17, 15) is 18.0 Å². The molecule has 0 unspecified atom stereocenters. The summed E-state index contributed by atoms with van der Waals surface area (Å²) in [7, 11) is -3.32. The van der Waals surface area contributed by atoms with E-state index in [-0.39, 0.29) is 29.8 Å². The lowest BCUT2D eigenvalue weighted by molar-refractivity contribution is -0.143. The Balaban J connectivity index is 1.45. The molecule has 3 aliphatic rings. The molecule has 1 aliphatic carbocycles. The molecule has 3 fully saturated rings. The van der Waals surface area contributed by atoms with Crippen molar-refractivity contribution in [3.63, 3.8) is 0 Å². The summed E-state index contributed by atoms with van der Waals surface area (Å²) in [5.74, 6) is 0.114. The van der Waals surface area contributed by atoms with Crippen LogP contribution in [0.1, 0.15) is 24.8 Å². The Hall–Kier alpha value is -1.97. The molecule has 2 aliphatic heterocycles.